The fraction of sp³-hybridized carbons (Fsp3) is 0.955. The van der Waals surface area contributed by atoms with Crippen molar-refractivity contribution in [3.8, 4) is 0 Å². The number of nitrogens with zero attached hydrogens (tertiary/aromatic N) is 1. The van der Waals surface area contributed by atoms with Gasteiger partial charge in [-0.2, -0.15) is 0 Å². The lowest BCUT2D eigenvalue weighted by molar-refractivity contribution is -0.00692. The summed E-state index contributed by atoms with van der Waals surface area (Å²) in [5.41, 5.74) is 0.929. The predicted molar refractivity (Wildman–Crippen MR) is 102 cm³/mol. The molecule has 0 bridgehead atoms. The topological polar surface area (TPSA) is 21.6 Å². The van der Waals surface area contributed by atoms with Crippen molar-refractivity contribution < 1.29 is 4.74 Å². The molecule has 2 fully saturated rings. The van der Waals surface area contributed by atoms with E-state index >= 15 is 0 Å². The van der Waals surface area contributed by atoms with Gasteiger partial charge >= 0.3 is 0 Å². The van der Waals surface area contributed by atoms with E-state index in [1.54, 1.807) is 0 Å². The molecule has 0 aromatic heterocycles. The Morgan fingerprint density at radius 2 is 1.67 bits per heavy atom. The third kappa shape index (κ3) is 3.99. The van der Waals surface area contributed by atoms with Gasteiger partial charge in [-0.1, -0.05) is 53.4 Å². The van der Waals surface area contributed by atoms with Crippen molar-refractivity contribution in [1.29, 1.82) is 0 Å². The third-order valence-electron chi connectivity index (χ3n) is 7.33. The van der Waals surface area contributed by atoms with Crippen LogP contribution in [-0.4, -0.2) is 18.0 Å². The van der Waals surface area contributed by atoms with Crippen LogP contribution in [0.2, 0.25) is 0 Å². The summed E-state index contributed by atoms with van der Waals surface area (Å²) in [6.45, 7) is 12.1. The second-order valence-electron chi connectivity index (χ2n) is 10.3. The largest absolute Gasteiger partial charge is 0.475 e. The maximum Gasteiger partial charge on any atom is 0.180 e. The summed E-state index contributed by atoms with van der Waals surface area (Å²) >= 11 is 0. The van der Waals surface area contributed by atoms with E-state index in [2.05, 4.69) is 34.6 Å². The standard InChI is InChI=1S/C22H39NO/c1-16-23-19-12-9-10-17(20(19)24-16)18-11-7-6-8-13-21(2,3)14-15-22(18,4)5/h17-20H,6-15H2,1-5H3. The molecule has 1 aliphatic heterocycles. The summed E-state index contributed by atoms with van der Waals surface area (Å²) in [4.78, 5) is 4.80. The van der Waals surface area contributed by atoms with Crippen LogP contribution in [0.15, 0.2) is 4.99 Å². The molecule has 0 aromatic rings. The zero-order valence-corrected chi connectivity index (χ0v) is 16.7. The SMILES string of the molecule is CC1=NC2CCCC(C3CCCCCC(C)(C)CCC3(C)C)C2O1. The van der Waals surface area contributed by atoms with E-state index in [1.807, 2.05) is 0 Å². The number of hydrogen-bond acceptors (Lipinski definition) is 2. The van der Waals surface area contributed by atoms with E-state index in [1.165, 1.54) is 64.2 Å². The minimum Gasteiger partial charge on any atom is -0.475 e. The second kappa shape index (κ2) is 7.00. The molecule has 0 saturated heterocycles. The summed E-state index contributed by atoms with van der Waals surface area (Å²) in [7, 11) is 0. The molecule has 2 heteroatoms. The quantitative estimate of drug-likeness (QED) is 0.545. The Hall–Kier alpha value is -0.530. The van der Waals surface area contributed by atoms with Gasteiger partial charge in [0.2, 0.25) is 0 Å². The molecule has 2 nitrogen and oxygen atoms in total. The van der Waals surface area contributed by atoms with E-state index in [-0.39, 0.29) is 0 Å². The van der Waals surface area contributed by atoms with Gasteiger partial charge in [-0.15, -0.1) is 0 Å². The molecule has 0 spiro atoms. The second-order valence-corrected chi connectivity index (χ2v) is 10.3. The van der Waals surface area contributed by atoms with Gasteiger partial charge in [-0.05, 0) is 55.3 Å². The summed E-state index contributed by atoms with van der Waals surface area (Å²) in [6, 6.07) is 0.450. The maximum absolute atomic E-state index is 6.24. The average Bonchev–Trinajstić information content (AvgIpc) is 2.89. The van der Waals surface area contributed by atoms with Crippen LogP contribution in [0, 0.1) is 22.7 Å². The Labute approximate surface area is 149 Å². The van der Waals surface area contributed by atoms with Gasteiger partial charge < -0.3 is 4.74 Å². The highest BCUT2D eigenvalue weighted by Crippen LogP contribution is 2.49. The summed E-state index contributed by atoms with van der Waals surface area (Å²) in [5.74, 6) is 2.44. The Kier molecular flexibility index (Phi) is 5.33. The summed E-state index contributed by atoms with van der Waals surface area (Å²) in [6.07, 6.45) is 14.0. The van der Waals surface area contributed by atoms with E-state index in [9.17, 15) is 0 Å². The molecule has 4 atom stereocenters. The highest BCUT2D eigenvalue weighted by Gasteiger charge is 2.46. The number of fused-ring (bicyclic) bond motifs is 1. The molecule has 0 N–H and O–H groups in total. The number of hydrogen-bond donors (Lipinski definition) is 0. The lowest BCUT2D eigenvalue weighted by atomic mass is 9.60. The first-order valence-electron chi connectivity index (χ1n) is 10.5. The summed E-state index contributed by atoms with van der Waals surface area (Å²) in [5, 5.41) is 0. The van der Waals surface area contributed by atoms with E-state index in [4.69, 9.17) is 9.73 Å². The van der Waals surface area contributed by atoms with Crippen molar-refractivity contribution >= 4 is 5.90 Å². The van der Waals surface area contributed by atoms with Crippen LogP contribution in [0.3, 0.4) is 0 Å². The van der Waals surface area contributed by atoms with E-state index in [0.29, 0.717) is 28.9 Å². The van der Waals surface area contributed by atoms with Crippen molar-refractivity contribution in [3.05, 3.63) is 0 Å². The predicted octanol–water partition coefficient (Wildman–Crippen LogP) is 6.39. The molecule has 2 saturated carbocycles. The molecule has 1 heterocycles. The van der Waals surface area contributed by atoms with Crippen LogP contribution in [0.5, 0.6) is 0 Å². The van der Waals surface area contributed by atoms with Gasteiger partial charge in [0.1, 0.15) is 6.10 Å². The maximum atomic E-state index is 6.24. The molecular weight excluding hydrogens is 294 g/mol. The van der Waals surface area contributed by atoms with Crippen molar-refractivity contribution in [3.63, 3.8) is 0 Å². The van der Waals surface area contributed by atoms with Crippen LogP contribution in [0.25, 0.3) is 0 Å². The Bertz CT molecular complexity index is 465. The molecular formula is C22H39NO. The summed E-state index contributed by atoms with van der Waals surface area (Å²) < 4.78 is 6.24. The highest BCUT2D eigenvalue weighted by atomic mass is 16.5. The Balaban J connectivity index is 1.78. The monoisotopic (exact) mass is 333 g/mol. The van der Waals surface area contributed by atoms with Crippen LogP contribution in [0.1, 0.15) is 98.8 Å². The van der Waals surface area contributed by atoms with Crippen LogP contribution >= 0.6 is 0 Å². The van der Waals surface area contributed by atoms with E-state index in [0.717, 1.165) is 11.8 Å². The number of ether oxygens (including phenoxy) is 1. The molecule has 3 aliphatic rings. The van der Waals surface area contributed by atoms with Gasteiger partial charge in [-0.25, -0.2) is 4.99 Å². The first-order valence-corrected chi connectivity index (χ1v) is 10.5. The zero-order valence-electron chi connectivity index (χ0n) is 16.7. The molecule has 0 aromatic carbocycles. The van der Waals surface area contributed by atoms with Crippen LogP contribution in [0.4, 0.5) is 0 Å². The lowest BCUT2D eigenvalue weighted by Gasteiger charge is -2.46. The number of rotatable bonds is 1. The fourth-order valence-electron chi connectivity index (χ4n) is 5.67. The lowest BCUT2D eigenvalue weighted by Crippen LogP contribution is -2.44. The molecule has 24 heavy (non-hydrogen) atoms. The van der Waals surface area contributed by atoms with Crippen LogP contribution in [-0.2, 0) is 4.74 Å². The first-order chi connectivity index (χ1) is 11.3. The van der Waals surface area contributed by atoms with Crippen molar-refractivity contribution in [2.45, 2.75) is 111 Å². The first kappa shape index (κ1) is 18.3. The average molecular weight is 334 g/mol. The van der Waals surface area contributed by atoms with Gasteiger partial charge in [0.05, 0.1) is 6.04 Å². The Morgan fingerprint density at radius 3 is 2.46 bits per heavy atom. The highest BCUT2D eigenvalue weighted by molar-refractivity contribution is 5.75. The van der Waals surface area contributed by atoms with Gasteiger partial charge in [-0.3, -0.25) is 0 Å². The van der Waals surface area contributed by atoms with Gasteiger partial charge in [0.15, 0.2) is 5.90 Å². The van der Waals surface area contributed by atoms with Crippen molar-refractivity contribution in [1.82, 2.24) is 0 Å². The number of aliphatic imine (C=N–C) groups is 1. The fourth-order valence-corrected chi connectivity index (χ4v) is 5.67. The van der Waals surface area contributed by atoms with Gasteiger partial charge in [0.25, 0.3) is 0 Å². The van der Waals surface area contributed by atoms with E-state index < -0.39 is 0 Å². The molecule has 4 unspecified atom stereocenters. The molecule has 138 valence electrons. The molecule has 0 radical (unpaired) electrons. The minimum atomic E-state index is 0.374. The molecule has 2 aliphatic carbocycles. The minimum absolute atomic E-state index is 0.374. The molecule has 0 amide bonds. The van der Waals surface area contributed by atoms with Gasteiger partial charge in [0, 0.05) is 12.8 Å². The molecule has 3 rings (SSSR count). The smallest absolute Gasteiger partial charge is 0.180 e. The zero-order chi connectivity index (χ0) is 17.4. The van der Waals surface area contributed by atoms with Crippen LogP contribution < -0.4 is 0 Å². The van der Waals surface area contributed by atoms with Crippen molar-refractivity contribution in [2.75, 3.05) is 0 Å². The normalized spacial score (nSPS) is 39.5. The van der Waals surface area contributed by atoms with Crippen molar-refractivity contribution in [2.24, 2.45) is 27.7 Å². The Morgan fingerprint density at radius 1 is 0.875 bits per heavy atom. The third-order valence-corrected chi connectivity index (χ3v) is 7.33.